The highest BCUT2D eigenvalue weighted by Gasteiger charge is 2.10. The number of carbonyl (C=O) groups is 1. The molecule has 4 nitrogen and oxygen atoms in total. The summed E-state index contributed by atoms with van der Waals surface area (Å²) in [6.45, 7) is 7.02. The van der Waals surface area contributed by atoms with E-state index < -0.39 is 0 Å². The first kappa shape index (κ1) is 16.3. The molecule has 1 heterocycles. The van der Waals surface area contributed by atoms with E-state index in [0.29, 0.717) is 22.3 Å². The highest BCUT2D eigenvalue weighted by Crippen LogP contribution is 2.21. The number of halogens is 1. The van der Waals surface area contributed by atoms with Crippen molar-refractivity contribution >= 4 is 28.9 Å². The van der Waals surface area contributed by atoms with Crippen molar-refractivity contribution in [2.45, 2.75) is 20.8 Å². The summed E-state index contributed by atoms with van der Waals surface area (Å²) in [4.78, 5) is 16.5. The van der Waals surface area contributed by atoms with E-state index in [0.717, 1.165) is 17.8 Å². The van der Waals surface area contributed by atoms with Crippen molar-refractivity contribution in [2.75, 3.05) is 17.2 Å². The van der Waals surface area contributed by atoms with Gasteiger partial charge in [-0.05, 0) is 42.7 Å². The molecular weight excluding hydrogens is 298 g/mol. The summed E-state index contributed by atoms with van der Waals surface area (Å²) in [7, 11) is 0. The first-order valence-corrected chi connectivity index (χ1v) is 7.61. The molecule has 1 aromatic heterocycles. The van der Waals surface area contributed by atoms with Crippen LogP contribution in [0.25, 0.3) is 0 Å². The van der Waals surface area contributed by atoms with Crippen molar-refractivity contribution < 1.29 is 4.79 Å². The van der Waals surface area contributed by atoms with E-state index in [1.165, 1.54) is 0 Å². The molecule has 2 rings (SSSR count). The number of carbonyl (C=O) groups excluding carboxylic acids is 1. The van der Waals surface area contributed by atoms with Crippen molar-refractivity contribution in [2.24, 2.45) is 5.92 Å². The number of anilines is 2. The molecule has 1 amide bonds. The maximum atomic E-state index is 12.3. The van der Waals surface area contributed by atoms with E-state index in [1.807, 2.05) is 19.1 Å². The van der Waals surface area contributed by atoms with E-state index in [4.69, 9.17) is 11.6 Å². The Morgan fingerprint density at radius 2 is 2.05 bits per heavy atom. The molecule has 0 unspecified atom stereocenters. The third-order valence-corrected chi connectivity index (χ3v) is 3.39. The highest BCUT2D eigenvalue weighted by molar-refractivity contribution is 6.31. The third kappa shape index (κ3) is 4.46. The number of aryl methyl sites for hydroxylation is 1. The number of nitrogens with zero attached hydrogens (tertiary/aromatic N) is 1. The van der Waals surface area contributed by atoms with Gasteiger partial charge in [0.1, 0.15) is 5.69 Å². The van der Waals surface area contributed by atoms with Crippen molar-refractivity contribution in [3.8, 4) is 0 Å². The molecular formula is C17H20ClN3O. The Labute approximate surface area is 135 Å². The van der Waals surface area contributed by atoms with Gasteiger partial charge in [-0.1, -0.05) is 31.5 Å². The summed E-state index contributed by atoms with van der Waals surface area (Å²) < 4.78 is 0. The fourth-order valence-electron chi connectivity index (χ4n) is 1.90. The van der Waals surface area contributed by atoms with Crippen LogP contribution in [0.4, 0.5) is 11.4 Å². The fourth-order valence-corrected chi connectivity index (χ4v) is 2.07. The Bertz CT molecular complexity index is 671. The number of aromatic nitrogens is 1. The van der Waals surface area contributed by atoms with E-state index >= 15 is 0 Å². The minimum atomic E-state index is -0.251. The van der Waals surface area contributed by atoms with Gasteiger partial charge < -0.3 is 10.6 Å². The highest BCUT2D eigenvalue weighted by atomic mass is 35.5. The zero-order chi connectivity index (χ0) is 16.1. The lowest BCUT2D eigenvalue weighted by Gasteiger charge is -2.11. The molecule has 5 heteroatoms. The SMILES string of the molecule is Cc1ccc(Cl)cc1NC(=O)c1cc(NCC(C)C)ccn1. The van der Waals surface area contributed by atoms with E-state index in [-0.39, 0.29) is 5.91 Å². The van der Waals surface area contributed by atoms with Gasteiger partial charge in [0.15, 0.2) is 0 Å². The van der Waals surface area contributed by atoms with Gasteiger partial charge in [-0.15, -0.1) is 0 Å². The normalized spacial score (nSPS) is 10.6. The fraction of sp³-hybridized carbons (Fsp3) is 0.294. The van der Waals surface area contributed by atoms with Crippen LogP contribution in [0.2, 0.25) is 5.02 Å². The third-order valence-electron chi connectivity index (χ3n) is 3.15. The molecule has 116 valence electrons. The largest absolute Gasteiger partial charge is 0.385 e. The van der Waals surface area contributed by atoms with Gasteiger partial charge in [0, 0.05) is 29.1 Å². The van der Waals surface area contributed by atoms with Gasteiger partial charge in [0.25, 0.3) is 5.91 Å². The number of nitrogens with one attached hydrogen (secondary N) is 2. The summed E-state index contributed by atoms with van der Waals surface area (Å²) in [5, 5.41) is 6.71. The van der Waals surface area contributed by atoms with Crippen molar-refractivity contribution in [3.05, 3.63) is 52.8 Å². The molecule has 2 N–H and O–H groups in total. The summed E-state index contributed by atoms with van der Waals surface area (Å²) in [5.74, 6) is 0.276. The van der Waals surface area contributed by atoms with E-state index in [9.17, 15) is 4.79 Å². The zero-order valence-electron chi connectivity index (χ0n) is 13.0. The summed E-state index contributed by atoms with van der Waals surface area (Å²) in [6.07, 6.45) is 1.63. The molecule has 0 saturated carbocycles. The molecule has 22 heavy (non-hydrogen) atoms. The molecule has 2 aromatic rings. The van der Waals surface area contributed by atoms with Crippen molar-refractivity contribution in [1.29, 1.82) is 0 Å². The Balaban J connectivity index is 2.12. The molecule has 0 radical (unpaired) electrons. The number of pyridine rings is 1. The summed E-state index contributed by atoms with van der Waals surface area (Å²) in [5.41, 5.74) is 2.90. The zero-order valence-corrected chi connectivity index (χ0v) is 13.7. The molecule has 0 aliphatic carbocycles. The van der Waals surface area contributed by atoms with Gasteiger partial charge in [0.2, 0.25) is 0 Å². The Morgan fingerprint density at radius 1 is 1.27 bits per heavy atom. The Kier molecular flexibility index (Phi) is 5.39. The molecule has 1 aromatic carbocycles. The quantitative estimate of drug-likeness (QED) is 0.861. The molecule has 0 spiro atoms. The molecule has 0 fully saturated rings. The van der Waals surface area contributed by atoms with Crippen LogP contribution in [-0.4, -0.2) is 17.4 Å². The standard InChI is InChI=1S/C17H20ClN3O/c1-11(2)10-20-14-6-7-19-16(9-14)17(22)21-15-8-13(18)5-4-12(15)3/h4-9,11H,10H2,1-3H3,(H,19,20)(H,21,22). The average molecular weight is 318 g/mol. The smallest absolute Gasteiger partial charge is 0.274 e. The van der Waals surface area contributed by atoms with Gasteiger partial charge in [-0.2, -0.15) is 0 Å². The van der Waals surface area contributed by atoms with Crippen LogP contribution < -0.4 is 10.6 Å². The maximum Gasteiger partial charge on any atom is 0.274 e. The number of amides is 1. The first-order chi connectivity index (χ1) is 10.5. The minimum absolute atomic E-state index is 0.251. The number of hydrogen-bond donors (Lipinski definition) is 2. The van der Waals surface area contributed by atoms with Gasteiger partial charge in [-0.25, -0.2) is 0 Å². The average Bonchev–Trinajstić information content (AvgIpc) is 2.49. The van der Waals surface area contributed by atoms with Crippen LogP contribution in [0, 0.1) is 12.8 Å². The van der Waals surface area contributed by atoms with Crippen molar-refractivity contribution in [1.82, 2.24) is 4.98 Å². The first-order valence-electron chi connectivity index (χ1n) is 7.23. The van der Waals surface area contributed by atoms with Crippen LogP contribution in [0.3, 0.4) is 0 Å². The predicted octanol–water partition coefficient (Wildman–Crippen LogP) is 4.36. The predicted molar refractivity (Wildman–Crippen MR) is 91.7 cm³/mol. The van der Waals surface area contributed by atoms with Crippen molar-refractivity contribution in [3.63, 3.8) is 0 Å². The molecule has 0 aliphatic heterocycles. The monoisotopic (exact) mass is 317 g/mol. The second-order valence-corrected chi connectivity index (χ2v) is 6.05. The van der Waals surface area contributed by atoms with Gasteiger partial charge in [-0.3, -0.25) is 9.78 Å². The minimum Gasteiger partial charge on any atom is -0.385 e. The Hall–Kier alpha value is -2.07. The topological polar surface area (TPSA) is 54.0 Å². The lowest BCUT2D eigenvalue weighted by Crippen LogP contribution is -2.15. The van der Waals surface area contributed by atoms with Gasteiger partial charge >= 0.3 is 0 Å². The maximum absolute atomic E-state index is 12.3. The van der Waals surface area contributed by atoms with E-state index in [2.05, 4.69) is 29.5 Å². The lowest BCUT2D eigenvalue weighted by molar-refractivity contribution is 0.102. The van der Waals surface area contributed by atoms with Crippen LogP contribution >= 0.6 is 11.6 Å². The molecule has 0 bridgehead atoms. The number of rotatable bonds is 5. The van der Waals surface area contributed by atoms with Gasteiger partial charge in [0.05, 0.1) is 0 Å². The molecule has 0 saturated heterocycles. The lowest BCUT2D eigenvalue weighted by atomic mass is 10.2. The Morgan fingerprint density at radius 3 is 2.77 bits per heavy atom. The van der Waals surface area contributed by atoms with Crippen LogP contribution in [-0.2, 0) is 0 Å². The van der Waals surface area contributed by atoms with Crippen LogP contribution in [0.1, 0.15) is 29.9 Å². The summed E-state index contributed by atoms with van der Waals surface area (Å²) in [6, 6.07) is 8.99. The number of hydrogen-bond acceptors (Lipinski definition) is 3. The molecule has 0 aliphatic rings. The van der Waals surface area contributed by atoms with E-state index in [1.54, 1.807) is 24.4 Å². The van der Waals surface area contributed by atoms with Crippen LogP contribution in [0.5, 0.6) is 0 Å². The second-order valence-electron chi connectivity index (χ2n) is 5.62. The molecule has 0 atom stereocenters. The summed E-state index contributed by atoms with van der Waals surface area (Å²) >= 11 is 5.97. The van der Waals surface area contributed by atoms with Crippen LogP contribution in [0.15, 0.2) is 36.5 Å². The number of benzene rings is 1. The second kappa shape index (κ2) is 7.27.